The topological polar surface area (TPSA) is 51.3 Å². The lowest BCUT2D eigenvalue weighted by Gasteiger charge is -2.26. The SMILES string of the molecule is CN1CCc2c(n(CC(CC(=O)CN)c3ccc(Cl)cc3)c3ccc(Cl)cc23)C1. The molecule has 4 nitrogen and oxygen atoms in total. The van der Waals surface area contributed by atoms with Crippen molar-refractivity contribution in [2.24, 2.45) is 5.73 Å². The summed E-state index contributed by atoms with van der Waals surface area (Å²) in [5.74, 6) is 0.0985. The van der Waals surface area contributed by atoms with Crippen LogP contribution in [0, 0.1) is 0 Å². The number of rotatable bonds is 6. The van der Waals surface area contributed by atoms with Crippen molar-refractivity contribution in [2.45, 2.75) is 31.8 Å². The summed E-state index contributed by atoms with van der Waals surface area (Å²) in [5, 5.41) is 2.67. The minimum atomic E-state index is 0.0333. The van der Waals surface area contributed by atoms with Gasteiger partial charge >= 0.3 is 0 Å². The molecule has 3 aromatic rings. The summed E-state index contributed by atoms with van der Waals surface area (Å²) >= 11 is 12.4. The number of ketones is 1. The van der Waals surface area contributed by atoms with Gasteiger partial charge in [0.2, 0.25) is 0 Å². The predicted molar refractivity (Wildman–Crippen MR) is 120 cm³/mol. The first-order chi connectivity index (χ1) is 14.0. The molecule has 2 aromatic carbocycles. The van der Waals surface area contributed by atoms with Gasteiger partial charge in [-0.15, -0.1) is 0 Å². The number of hydrogen-bond acceptors (Lipinski definition) is 3. The zero-order chi connectivity index (χ0) is 20.5. The van der Waals surface area contributed by atoms with Gasteiger partial charge in [0.15, 0.2) is 0 Å². The molecule has 0 saturated carbocycles. The van der Waals surface area contributed by atoms with Gasteiger partial charge < -0.3 is 15.2 Å². The Kier molecular flexibility index (Phi) is 5.98. The third-order valence-electron chi connectivity index (χ3n) is 5.86. The summed E-state index contributed by atoms with van der Waals surface area (Å²) in [5.41, 5.74) is 10.6. The number of carbonyl (C=O) groups is 1. The van der Waals surface area contributed by atoms with E-state index in [9.17, 15) is 4.79 Å². The molecule has 1 aliphatic heterocycles. The van der Waals surface area contributed by atoms with E-state index in [1.165, 1.54) is 22.2 Å². The Balaban J connectivity index is 1.80. The number of benzene rings is 2. The smallest absolute Gasteiger partial charge is 0.147 e. The lowest BCUT2D eigenvalue weighted by Crippen LogP contribution is -2.28. The maximum atomic E-state index is 12.3. The molecule has 1 atom stereocenters. The number of nitrogens with two attached hydrogens (primary N) is 1. The molecule has 0 fully saturated rings. The van der Waals surface area contributed by atoms with Gasteiger partial charge in [-0.1, -0.05) is 35.3 Å². The first kappa shape index (κ1) is 20.4. The van der Waals surface area contributed by atoms with Gasteiger partial charge in [-0.25, -0.2) is 0 Å². The summed E-state index contributed by atoms with van der Waals surface area (Å²) in [7, 11) is 2.15. The molecule has 0 spiro atoms. The molecular weight excluding hydrogens is 405 g/mol. The Morgan fingerprint density at radius 2 is 1.86 bits per heavy atom. The fourth-order valence-electron chi connectivity index (χ4n) is 4.36. The van der Waals surface area contributed by atoms with Crippen LogP contribution in [0.2, 0.25) is 10.0 Å². The van der Waals surface area contributed by atoms with Gasteiger partial charge in [-0.05, 0) is 54.9 Å². The van der Waals surface area contributed by atoms with Crippen LogP contribution < -0.4 is 5.73 Å². The molecule has 1 aliphatic rings. The van der Waals surface area contributed by atoms with Crippen LogP contribution in [0.5, 0.6) is 0 Å². The van der Waals surface area contributed by atoms with E-state index in [2.05, 4.69) is 28.6 Å². The Labute approximate surface area is 181 Å². The maximum absolute atomic E-state index is 12.3. The van der Waals surface area contributed by atoms with Crippen molar-refractivity contribution in [2.75, 3.05) is 20.1 Å². The molecule has 0 amide bonds. The first-order valence-electron chi connectivity index (χ1n) is 9.91. The highest BCUT2D eigenvalue weighted by Gasteiger charge is 2.25. The van der Waals surface area contributed by atoms with E-state index in [0.717, 1.165) is 30.1 Å². The molecule has 1 aromatic heterocycles. The molecule has 152 valence electrons. The molecule has 0 saturated heterocycles. The van der Waals surface area contributed by atoms with Crippen molar-refractivity contribution in [3.05, 3.63) is 69.3 Å². The number of nitrogens with zero attached hydrogens (tertiary/aromatic N) is 2. The molecule has 0 radical (unpaired) electrons. The Bertz CT molecular complexity index is 1040. The van der Waals surface area contributed by atoms with Crippen molar-refractivity contribution >= 4 is 39.9 Å². The highest BCUT2D eigenvalue weighted by molar-refractivity contribution is 6.31. The van der Waals surface area contributed by atoms with Crippen LogP contribution in [-0.4, -0.2) is 35.4 Å². The number of carbonyl (C=O) groups excluding carboxylic acids is 1. The monoisotopic (exact) mass is 429 g/mol. The second-order valence-corrected chi connectivity index (χ2v) is 8.75. The molecular formula is C23H25Cl2N3O. The first-order valence-corrected chi connectivity index (χ1v) is 10.7. The van der Waals surface area contributed by atoms with E-state index in [1.54, 1.807) is 0 Å². The number of fused-ring (bicyclic) bond motifs is 3. The number of halogens is 2. The minimum absolute atomic E-state index is 0.0333. The number of aromatic nitrogens is 1. The normalized spacial score (nSPS) is 15.4. The second kappa shape index (κ2) is 8.49. The van der Waals surface area contributed by atoms with Gasteiger partial charge in [0.05, 0.1) is 6.54 Å². The molecule has 29 heavy (non-hydrogen) atoms. The highest BCUT2D eigenvalue weighted by Crippen LogP contribution is 2.35. The fourth-order valence-corrected chi connectivity index (χ4v) is 4.65. The Morgan fingerprint density at radius 3 is 2.59 bits per heavy atom. The van der Waals surface area contributed by atoms with Crippen molar-refractivity contribution in [3.63, 3.8) is 0 Å². The lowest BCUT2D eigenvalue weighted by atomic mass is 9.93. The third-order valence-corrected chi connectivity index (χ3v) is 6.35. The number of Topliss-reactive ketones (excluding diaryl/α,β-unsaturated/α-hetero) is 1. The number of likely N-dealkylation sites (N-methyl/N-ethyl adjacent to an activating group) is 1. The third kappa shape index (κ3) is 4.22. The molecule has 0 bridgehead atoms. The van der Waals surface area contributed by atoms with Crippen molar-refractivity contribution < 1.29 is 4.79 Å². The molecule has 2 heterocycles. The van der Waals surface area contributed by atoms with Crippen molar-refractivity contribution in [1.29, 1.82) is 0 Å². The van der Waals surface area contributed by atoms with Gasteiger partial charge in [-0.3, -0.25) is 4.79 Å². The average Bonchev–Trinajstić information content (AvgIpc) is 3.00. The molecule has 0 aliphatic carbocycles. The van der Waals surface area contributed by atoms with Crippen LogP contribution in [0.1, 0.15) is 29.2 Å². The number of hydrogen-bond donors (Lipinski definition) is 1. The minimum Gasteiger partial charge on any atom is -0.342 e. The summed E-state index contributed by atoms with van der Waals surface area (Å²) in [4.78, 5) is 14.6. The zero-order valence-electron chi connectivity index (χ0n) is 16.5. The quantitative estimate of drug-likeness (QED) is 0.620. The Morgan fingerprint density at radius 1 is 1.14 bits per heavy atom. The second-order valence-electron chi connectivity index (χ2n) is 7.88. The standard InChI is InChI=1S/C23H25Cl2N3O/c1-27-9-8-20-21-11-18(25)6-7-22(21)28(23(20)14-27)13-16(10-19(29)12-26)15-2-4-17(24)5-3-15/h2-7,11,16H,8-10,12-14,26H2,1H3. The summed E-state index contributed by atoms with van der Waals surface area (Å²) in [6, 6.07) is 13.9. The largest absolute Gasteiger partial charge is 0.342 e. The molecule has 1 unspecified atom stereocenters. The van der Waals surface area contributed by atoms with E-state index in [-0.39, 0.29) is 18.2 Å². The zero-order valence-corrected chi connectivity index (χ0v) is 18.0. The highest BCUT2D eigenvalue weighted by atomic mass is 35.5. The van der Waals surface area contributed by atoms with E-state index in [1.807, 2.05) is 30.3 Å². The maximum Gasteiger partial charge on any atom is 0.147 e. The fraction of sp³-hybridized carbons (Fsp3) is 0.348. The van der Waals surface area contributed by atoms with Crippen LogP contribution in [0.3, 0.4) is 0 Å². The summed E-state index contributed by atoms with van der Waals surface area (Å²) in [6.07, 6.45) is 1.42. The molecule has 6 heteroatoms. The van der Waals surface area contributed by atoms with Crippen LogP contribution in [0.25, 0.3) is 10.9 Å². The van der Waals surface area contributed by atoms with Gasteiger partial charge in [0.25, 0.3) is 0 Å². The van der Waals surface area contributed by atoms with Crippen LogP contribution in [0.4, 0.5) is 0 Å². The van der Waals surface area contributed by atoms with Gasteiger partial charge in [-0.2, -0.15) is 0 Å². The van der Waals surface area contributed by atoms with E-state index >= 15 is 0 Å². The van der Waals surface area contributed by atoms with E-state index in [4.69, 9.17) is 28.9 Å². The Hall–Kier alpha value is -1.85. The van der Waals surface area contributed by atoms with Crippen LogP contribution in [0.15, 0.2) is 42.5 Å². The summed E-state index contributed by atoms with van der Waals surface area (Å²) in [6.45, 7) is 2.70. The molecule has 2 N–H and O–H groups in total. The van der Waals surface area contributed by atoms with E-state index in [0.29, 0.717) is 18.0 Å². The van der Waals surface area contributed by atoms with Crippen molar-refractivity contribution in [3.8, 4) is 0 Å². The lowest BCUT2D eigenvalue weighted by molar-refractivity contribution is -0.118. The predicted octanol–water partition coefficient (Wildman–Crippen LogP) is 4.64. The van der Waals surface area contributed by atoms with Gasteiger partial charge in [0, 0.05) is 58.6 Å². The van der Waals surface area contributed by atoms with Gasteiger partial charge in [0.1, 0.15) is 5.78 Å². The van der Waals surface area contributed by atoms with Crippen LogP contribution >= 0.6 is 23.2 Å². The summed E-state index contributed by atoms with van der Waals surface area (Å²) < 4.78 is 2.37. The van der Waals surface area contributed by atoms with E-state index < -0.39 is 0 Å². The van der Waals surface area contributed by atoms with Crippen molar-refractivity contribution in [1.82, 2.24) is 9.47 Å². The molecule has 4 rings (SSSR count). The average molecular weight is 430 g/mol. The van der Waals surface area contributed by atoms with Crippen LogP contribution in [-0.2, 0) is 24.3 Å².